The Bertz CT molecular complexity index is 847. The highest BCUT2D eigenvalue weighted by molar-refractivity contribution is 6.34. The summed E-state index contributed by atoms with van der Waals surface area (Å²) in [6.45, 7) is 1.59. The van der Waals surface area contributed by atoms with Crippen LogP contribution in [-0.2, 0) is 4.79 Å². The molecule has 0 aliphatic rings. The molecule has 0 unspecified atom stereocenters. The zero-order chi connectivity index (χ0) is 18.6. The first-order valence-corrected chi connectivity index (χ1v) is 7.92. The number of hydrogen-bond acceptors (Lipinski definition) is 2. The van der Waals surface area contributed by atoms with Crippen LogP contribution in [0, 0.1) is 5.82 Å². The van der Waals surface area contributed by atoms with Gasteiger partial charge in [0.2, 0.25) is 0 Å². The van der Waals surface area contributed by atoms with E-state index < -0.39 is 5.82 Å². The van der Waals surface area contributed by atoms with Gasteiger partial charge in [-0.1, -0.05) is 29.8 Å². The fraction of sp³-hybridized carbons (Fsp3) is 0.158. The Kier molecular flexibility index (Phi) is 5.93. The molecule has 0 saturated carbocycles. The minimum Gasteiger partial charge on any atom is -0.345 e. The SMILES string of the molecule is C/C(=C\c1ccccc1F)C(=O)Nc1ccc(C(=O)N(C)C)c(Cl)c1. The predicted molar refractivity (Wildman–Crippen MR) is 98.2 cm³/mol. The summed E-state index contributed by atoms with van der Waals surface area (Å²) in [6.07, 6.45) is 1.47. The Labute approximate surface area is 150 Å². The van der Waals surface area contributed by atoms with E-state index in [9.17, 15) is 14.0 Å². The number of carbonyl (C=O) groups excluding carboxylic acids is 2. The number of benzene rings is 2. The quantitative estimate of drug-likeness (QED) is 0.830. The lowest BCUT2D eigenvalue weighted by atomic mass is 10.1. The number of amides is 2. The van der Waals surface area contributed by atoms with Crippen LogP contribution in [0.5, 0.6) is 0 Å². The summed E-state index contributed by atoms with van der Waals surface area (Å²) in [7, 11) is 3.26. The van der Waals surface area contributed by atoms with Crippen LogP contribution in [0.2, 0.25) is 5.02 Å². The van der Waals surface area contributed by atoms with E-state index >= 15 is 0 Å². The Morgan fingerprint density at radius 3 is 2.44 bits per heavy atom. The van der Waals surface area contributed by atoms with Gasteiger partial charge < -0.3 is 10.2 Å². The molecule has 0 atom stereocenters. The number of rotatable bonds is 4. The maximum absolute atomic E-state index is 13.6. The smallest absolute Gasteiger partial charge is 0.254 e. The van der Waals surface area contributed by atoms with Crippen molar-refractivity contribution in [1.82, 2.24) is 4.90 Å². The number of carbonyl (C=O) groups is 2. The first-order valence-electron chi connectivity index (χ1n) is 7.55. The lowest BCUT2D eigenvalue weighted by Gasteiger charge is -2.13. The molecule has 4 nitrogen and oxygen atoms in total. The normalized spacial score (nSPS) is 11.2. The van der Waals surface area contributed by atoms with E-state index in [1.165, 1.54) is 23.1 Å². The van der Waals surface area contributed by atoms with Gasteiger partial charge in [-0.15, -0.1) is 0 Å². The highest BCUT2D eigenvalue weighted by atomic mass is 35.5. The van der Waals surface area contributed by atoms with Crippen LogP contribution in [0.25, 0.3) is 6.08 Å². The van der Waals surface area contributed by atoms with Crippen molar-refractivity contribution in [3.8, 4) is 0 Å². The second-order valence-electron chi connectivity index (χ2n) is 5.70. The molecule has 2 aromatic rings. The second kappa shape index (κ2) is 7.94. The molecule has 0 bridgehead atoms. The van der Waals surface area contributed by atoms with E-state index in [-0.39, 0.29) is 16.8 Å². The van der Waals surface area contributed by atoms with Crippen LogP contribution < -0.4 is 5.32 Å². The summed E-state index contributed by atoms with van der Waals surface area (Å²) in [4.78, 5) is 25.6. The van der Waals surface area contributed by atoms with Crippen molar-refractivity contribution >= 4 is 35.2 Å². The number of halogens is 2. The lowest BCUT2D eigenvalue weighted by Crippen LogP contribution is -2.22. The molecule has 1 N–H and O–H groups in total. The third-order valence-electron chi connectivity index (χ3n) is 3.50. The fourth-order valence-corrected chi connectivity index (χ4v) is 2.39. The summed E-state index contributed by atoms with van der Waals surface area (Å²) in [6, 6.07) is 10.8. The molecule has 0 aliphatic carbocycles. The Hall–Kier alpha value is -2.66. The average molecular weight is 361 g/mol. The molecule has 0 aliphatic heterocycles. The molecule has 130 valence electrons. The summed E-state index contributed by atoms with van der Waals surface area (Å²) in [5.41, 5.74) is 1.48. The van der Waals surface area contributed by atoms with Gasteiger partial charge in [0.25, 0.3) is 11.8 Å². The van der Waals surface area contributed by atoms with Crippen LogP contribution in [0.4, 0.5) is 10.1 Å². The standard InChI is InChI=1S/C19H18ClFN2O2/c1-12(10-13-6-4-5-7-17(13)21)18(24)22-14-8-9-15(16(20)11-14)19(25)23(2)3/h4-11H,1-3H3,(H,22,24)/b12-10+. The monoisotopic (exact) mass is 360 g/mol. The Morgan fingerprint density at radius 2 is 1.84 bits per heavy atom. The summed E-state index contributed by atoms with van der Waals surface area (Å²) >= 11 is 6.12. The molecule has 0 aromatic heterocycles. The van der Waals surface area contributed by atoms with Gasteiger partial charge in [0, 0.05) is 30.9 Å². The molecule has 2 aromatic carbocycles. The molecule has 0 heterocycles. The number of nitrogens with one attached hydrogen (secondary N) is 1. The molecule has 6 heteroatoms. The highest BCUT2D eigenvalue weighted by Crippen LogP contribution is 2.22. The van der Waals surface area contributed by atoms with Crippen molar-refractivity contribution in [3.63, 3.8) is 0 Å². The van der Waals surface area contributed by atoms with Gasteiger partial charge >= 0.3 is 0 Å². The Morgan fingerprint density at radius 1 is 1.16 bits per heavy atom. The van der Waals surface area contributed by atoms with Crippen molar-refractivity contribution in [2.24, 2.45) is 0 Å². The lowest BCUT2D eigenvalue weighted by molar-refractivity contribution is -0.112. The molecular weight excluding hydrogens is 343 g/mol. The van der Waals surface area contributed by atoms with Gasteiger partial charge in [-0.2, -0.15) is 0 Å². The zero-order valence-corrected chi connectivity index (χ0v) is 14.9. The predicted octanol–water partition coefficient (Wildman–Crippen LogP) is 4.22. The highest BCUT2D eigenvalue weighted by Gasteiger charge is 2.14. The number of hydrogen-bond donors (Lipinski definition) is 1. The van der Waals surface area contributed by atoms with Gasteiger partial charge in [0.05, 0.1) is 10.6 Å². The minimum atomic E-state index is -0.399. The van der Waals surface area contributed by atoms with E-state index in [4.69, 9.17) is 11.6 Å². The second-order valence-corrected chi connectivity index (χ2v) is 6.10. The Balaban J connectivity index is 2.16. The molecule has 0 fully saturated rings. The first kappa shape index (κ1) is 18.7. The van der Waals surface area contributed by atoms with Crippen molar-refractivity contribution in [3.05, 3.63) is 70.0 Å². The van der Waals surface area contributed by atoms with E-state index in [1.54, 1.807) is 51.4 Å². The van der Waals surface area contributed by atoms with Crippen molar-refractivity contribution in [1.29, 1.82) is 0 Å². The third-order valence-corrected chi connectivity index (χ3v) is 3.81. The van der Waals surface area contributed by atoms with Crippen LogP contribution in [0.1, 0.15) is 22.8 Å². The minimum absolute atomic E-state index is 0.224. The van der Waals surface area contributed by atoms with E-state index in [1.807, 2.05) is 0 Å². The average Bonchev–Trinajstić information content (AvgIpc) is 2.56. The molecule has 2 amide bonds. The number of nitrogens with zero attached hydrogens (tertiary/aromatic N) is 1. The zero-order valence-electron chi connectivity index (χ0n) is 14.1. The van der Waals surface area contributed by atoms with E-state index in [0.29, 0.717) is 22.4 Å². The number of anilines is 1. The van der Waals surface area contributed by atoms with Gasteiger partial charge in [-0.3, -0.25) is 9.59 Å². The molecule has 2 rings (SSSR count). The third kappa shape index (κ3) is 4.67. The van der Waals surface area contributed by atoms with Crippen LogP contribution in [0.3, 0.4) is 0 Å². The molecule has 25 heavy (non-hydrogen) atoms. The fourth-order valence-electron chi connectivity index (χ4n) is 2.13. The maximum Gasteiger partial charge on any atom is 0.254 e. The van der Waals surface area contributed by atoms with Gasteiger partial charge in [-0.05, 0) is 37.3 Å². The van der Waals surface area contributed by atoms with Gasteiger partial charge in [0.1, 0.15) is 5.82 Å². The summed E-state index contributed by atoms with van der Waals surface area (Å²) in [5, 5.41) is 2.92. The largest absolute Gasteiger partial charge is 0.345 e. The van der Waals surface area contributed by atoms with Gasteiger partial charge in [-0.25, -0.2) is 4.39 Å². The topological polar surface area (TPSA) is 49.4 Å². The van der Waals surface area contributed by atoms with E-state index in [2.05, 4.69) is 5.32 Å². The van der Waals surface area contributed by atoms with E-state index in [0.717, 1.165) is 0 Å². The molecule has 0 radical (unpaired) electrons. The van der Waals surface area contributed by atoms with Crippen LogP contribution in [0.15, 0.2) is 48.0 Å². The van der Waals surface area contributed by atoms with Crippen molar-refractivity contribution < 1.29 is 14.0 Å². The maximum atomic E-state index is 13.6. The van der Waals surface area contributed by atoms with Crippen LogP contribution in [-0.4, -0.2) is 30.8 Å². The van der Waals surface area contributed by atoms with Crippen LogP contribution >= 0.6 is 11.6 Å². The molecule has 0 saturated heterocycles. The molecular formula is C19H18ClFN2O2. The van der Waals surface area contributed by atoms with Crippen molar-refractivity contribution in [2.75, 3.05) is 19.4 Å². The first-order chi connectivity index (χ1) is 11.8. The van der Waals surface area contributed by atoms with Gasteiger partial charge in [0.15, 0.2) is 0 Å². The molecule has 0 spiro atoms. The van der Waals surface area contributed by atoms with Crippen molar-refractivity contribution in [2.45, 2.75) is 6.92 Å². The summed E-state index contributed by atoms with van der Waals surface area (Å²) in [5.74, 6) is -1.01. The summed E-state index contributed by atoms with van der Waals surface area (Å²) < 4.78 is 13.6.